The van der Waals surface area contributed by atoms with Gasteiger partial charge in [-0.25, -0.2) is 0 Å². The molecule has 0 nitrogen and oxygen atoms in total. The Morgan fingerprint density at radius 3 is 1.77 bits per heavy atom. The van der Waals surface area contributed by atoms with Crippen molar-refractivity contribution in [2.45, 2.75) is 141 Å². The minimum Gasteiger partial charge on any atom is -0.199 e. The molecule has 2 fully saturated rings. The van der Waals surface area contributed by atoms with Gasteiger partial charge in [-0.3, -0.25) is 0 Å². The Labute approximate surface area is 211 Å². The highest BCUT2D eigenvalue weighted by atomic mass is 19.3. The van der Waals surface area contributed by atoms with Crippen molar-refractivity contribution in [1.29, 1.82) is 0 Å². The highest BCUT2D eigenvalue weighted by Gasteiger charge is 2.56. The fraction of sp³-hybridized carbons (Fsp3) is 0.806. The normalized spacial score (nSPS) is 26.1. The zero-order chi connectivity index (χ0) is 25.3. The van der Waals surface area contributed by atoms with E-state index in [0.717, 1.165) is 36.2 Å². The van der Waals surface area contributed by atoms with Crippen molar-refractivity contribution in [2.24, 2.45) is 17.8 Å². The summed E-state index contributed by atoms with van der Waals surface area (Å²) in [5, 5.41) is 0. The zero-order valence-corrected chi connectivity index (χ0v) is 22.2. The van der Waals surface area contributed by atoms with Gasteiger partial charge in [-0.2, -0.15) is 17.6 Å². The molecule has 0 spiro atoms. The Kier molecular flexibility index (Phi) is 11.0. The molecule has 2 aliphatic rings. The molecule has 0 N–H and O–H groups in total. The molecule has 2 aliphatic carbocycles. The fourth-order valence-corrected chi connectivity index (χ4v) is 6.73. The van der Waals surface area contributed by atoms with Gasteiger partial charge < -0.3 is 0 Å². The van der Waals surface area contributed by atoms with E-state index in [1.807, 2.05) is 0 Å². The first kappa shape index (κ1) is 28.5. The minimum atomic E-state index is -4.12. The van der Waals surface area contributed by atoms with Crippen LogP contribution in [0, 0.1) is 17.8 Å². The molecular weight excluding hydrogens is 448 g/mol. The van der Waals surface area contributed by atoms with Gasteiger partial charge in [0.25, 0.3) is 0 Å². The van der Waals surface area contributed by atoms with Gasteiger partial charge in [-0.1, -0.05) is 102 Å². The Morgan fingerprint density at radius 1 is 0.657 bits per heavy atom. The van der Waals surface area contributed by atoms with Crippen LogP contribution in [-0.4, -0.2) is 5.92 Å². The third kappa shape index (κ3) is 7.71. The maximum atomic E-state index is 14.4. The van der Waals surface area contributed by atoms with Crippen LogP contribution in [-0.2, 0) is 5.92 Å². The second-order valence-electron chi connectivity index (χ2n) is 11.6. The second-order valence-corrected chi connectivity index (χ2v) is 11.6. The third-order valence-electron chi connectivity index (χ3n) is 9.06. The van der Waals surface area contributed by atoms with Crippen LogP contribution in [0.25, 0.3) is 0 Å². The minimum absolute atomic E-state index is 0.0324. The molecule has 0 radical (unpaired) electrons. The highest BCUT2D eigenvalue weighted by Crippen LogP contribution is 2.47. The number of halogens is 4. The Bertz CT molecular complexity index is 710. The van der Waals surface area contributed by atoms with Crippen molar-refractivity contribution in [2.75, 3.05) is 0 Å². The van der Waals surface area contributed by atoms with E-state index in [1.165, 1.54) is 103 Å². The van der Waals surface area contributed by atoms with Gasteiger partial charge in [0.05, 0.1) is 0 Å². The molecule has 0 atom stereocenters. The van der Waals surface area contributed by atoms with Crippen LogP contribution in [0.3, 0.4) is 0 Å². The van der Waals surface area contributed by atoms with Gasteiger partial charge in [0.1, 0.15) is 0 Å². The quantitative estimate of drug-likeness (QED) is 0.188. The lowest BCUT2D eigenvalue weighted by Crippen LogP contribution is -2.37. The number of hydrogen-bond donors (Lipinski definition) is 0. The van der Waals surface area contributed by atoms with E-state index in [0.29, 0.717) is 5.92 Å². The summed E-state index contributed by atoms with van der Waals surface area (Å²) in [5.74, 6) is -5.15. The van der Waals surface area contributed by atoms with Crippen LogP contribution >= 0.6 is 0 Å². The van der Waals surface area contributed by atoms with E-state index < -0.39 is 23.8 Å². The molecule has 0 aromatic heterocycles. The summed E-state index contributed by atoms with van der Waals surface area (Å²) in [4.78, 5) is 0. The molecule has 4 heteroatoms. The average molecular weight is 497 g/mol. The maximum absolute atomic E-state index is 14.4. The molecule has 1 aromatic rings. The zero-order valence-electron chi connectivity index (χ0n) is 22.2. The van der Waals surface area contributed by atoms with Crippen molar-refractivity contribution in [3.63, 3.8) is 0 Å². The van der Waals surface area contributed by atoms with Gasteiger partial charge in [-0.05, 0) is 67.8 Å². The van der Waals surface area contributed by atoms with E-state index in [4.69, 9.17) is 0 Å². The van der Waals surface area contributed by atoms with E-state index in [1.54, 1.807) is 12.1 Å². The second kappa shape index (κ2) is 13.5. The average Bonchev–Trinajstić information content (AvgIpc) is 2.86. The topological polar surface area (TPSA) is 0 Å². The van der Waals surface area contributed by atoms with E-state index in [9.17, 15) is 17.6 Å². The predicted octanol–water partition coefficient (Wildman–Crippen LogP) is 11.0. The smallest absolute Gasteiger partial charge is 0.199 e. The summed E-state index contributed by atoms with van der Waals surface area (Å²) >= 11 is 0. The van der Waals surface area contributed by atoms with Crippen LogP contribution in [0.1, 0.15) is 140 Å². The molecule has 0 saturated heterocycles. The number of benzene rings is 1. The molecule has 0 unspecified atom stereocenters. The molecule has 0 amide bonds. The van der Waals surface area contributed by atoms with Crippen molar-refractivity contribution in [1.82, 2.24) is 0 Å². The number of unbranched alkanes of at least 4 members (excludes halogenated alkanes) is 5. The van der Waals surface area contributed by atoms with Crippen LogP contribution in [0.5, 0.6) is 0 Å². The molecule has 3 rings (SSSR count). The highest BCUT2D eigenvalue weighted by molar-refractivity contribution is 5.29. The number of hydrogen-bond acceptors (Lipinski definition) is 0. The lowest BCUT2D eigenvalue weighted by atomic mass is 9.68. The van der Waals surface area contributed by atoms with Gasteiger partial charge in [0.15, 0.2) is 0 Å². The predicted molar refractivity (Wildman–Crippen MR) is 138 cm³/mol. The lowest BCUT2D eigenvalue weighted by molar-refractivity contribution is -0.219. The Balaban J connectivity index is 1.40. The Morgan fingerprint density at radius 2 is 1.20 bits per heavy atom. The molecular formula is C31H48F4. The molecule has 0 aliphatic heterocycles. The van der Waals surface area contributed by atoms with Gasteiger partial charge >= 0.3 is 11.8 Å². The molecule has 0 bridgehead atoms. The number of rotatable bonds is 13. The van der Waals surface area contributed by atoms with E-state index >= 15 is 0 Å². The van der Waals surface area contributed by atoms with Gasteiger partial charge in [0, 0.05) is 12.0 Å². The third-order valence-corrected chi connectivity index (χ3v) is 9.06. The largest absolute Gasteiger partial charge is 0.335 e. The van der Waals surface area contributed by atoms with Crippen LogP contribution in [0.15, 0.2) is 24.3 Å². The van der Waals surface area contributed by atoms with Gasteiger partial charge in [-0.15, -0.1) is 0 Å². The van der Waals surface area contributed by atoms with E-state index in [2.05, 4.69) is 6.92 Å². The molecule has 2 saturated carbocycles. The molecule has 1 aromatic carbocycles. The fourth-order valence-electron chi connectivity index (χ4n) is 6.73. The standard InChI is InChI=1S/C31H48F4/c1-3-5-6-7-8-9-10-24-11-13-25(14-12-24)26-15-17-27(18-16-26)28-19-21-29(22-20-28)31(34,35)30(32,33)23-4-2/h19-22,24-27H,3-18,23H2,1-2H3. The first-order valence-corrected chi connectivity index (χ1v) is 14.6. The molecule has 200 valence electrons. The lowest BCUT2D eigenvalue weighted by Gasteiger charge is -2.38. The summed E-state index contributed by atoms with van der Waals surface area (Å²) in [7, 11) is 0. The summed E-state index contributed by atoms with van der Waals surface area (Å²) in [6.07, 6.45) is 19.1. The monoisotopic (exact) mass is 496 g/mol. The molecule has 0 heterocycles. The van der Waals surface area contributed by atoms with Crippen LogP contribution in [0.2, 0.25) is 0 Å². The van der Waals surface area contributed by atoms with Gasteiger partial charge in [0.2, 0.25) is 0 Å². The van der Waals surface area contributed by atoms with Crippen molar-refractivity contribution >= 4 is 0 Å². The maximum Gasteiger partial charge on any atom is 0.335 e. The van der Waals surface area contributed by atoms with Crippen LogP contribution < -0.4 is 0 Å². The summed E-state index contributed by atoms with van der Waals surface area (Å²) in [6.45, 7) is 3.78. The summed E-state index contributed by atoms with van der Waals surface area (Å²) in [6, 6.07) is 5.81. The SMILES string of the molecule is CCCCCCCCC1CCC(C2CCC(c3ccc(C(F)(F)C(F)(F)CCC)cc3)CC2)CC1. The summed E-state index contributed by atoms with van der Waals surface area (Å²) in [5.41, 5.74) is 0.468. The summed E-state index contributed by atoms with van der Waals surface area (Å²) < 4.78 is 56.6. The van der Waals surface area contributed by atoms with Crippen LogP contribution in [0.4, 0.5) is 17.6 Å². The van der Waals surface area contributed by atoms with Crippen molar-refractivity contribution in [3.8, 4) is 0 Å². The first-order chi connectivity index (χ1) is 16.8. The first-order valence-electron chi connectivity index (χ1n) is 14.6. The van der Waals surface area contributed by atoms with Crippen molar-refractivity contribution < 1.29 is 17.6 Å². The van der Waals surface area contributed by atoms with E-state index in [-0.39, 0.29) is 6.42 Å². The number of alkyl halides is 4. The molecule has 35 heavy (non-hydrogen) atoms. The van der Waals surface area contributed by atoms with Crippen molar-refractivity contribution in [3.05, 3.63) is 35.4 Å². The Hall–Kier alpha value is -1.06.